The van der Waals surface area contributed by atoms with Crippen molar-refractivity contribution in [3.05, 3.63) is 77.0 Å². The lowest BCUT2D eigenvalue weighted by atomic mass is 9.98. The maximum atomic E-state index is 13.3. The molecule has 30 heavy (non-hydrogen) atoms. The molecule has 0 radical (unpaired) electrons. The summed E-state index contributed by atoms with van der Waals surface area (Å²) in [5, 5.41) is 15.8. The third kappa shape index (κ3) is 3.42. The number of hydrogen-bond acceptors (Lipinski definition) is 6. The highest BCUT2D eigenvalue weighted by atomic mass is 32.2. The van der Waals surface area contributed by atoms with Crippen molar-refractivity contribution >= 4 is 21.0 Å². The number of nitrogens with two attached hydrogens (primary N) is 1. The fourth-order valence-electron chi connectivity index (χ4n) is 3.25. The van der Waals surface area contributed by atoms with E-state index in [1.165, 1.54) is 37.4 Å². The second-order valence-electron chi connectivity index (χ2n) is 6.59. The number of sulfonamides is 1. The maximum Gasteiger partial charge on any atom is 0.238 e. The standard InChI is InChI=1S/C22H17NO6S/c1-28-19-11-8-14(12-17(19)24)20-21(25)16-4-2-3-5-18(16)29-22(20)13-6-9-15(10-7-13)30(23,26)27/h2-12,24H,1H3,(H2,23,26,27). The molecule has 0 aliphatic heterocycles. The molecule has 4 rings (SSSR count). The molecule has 8 heteroatoms. The van der Waals surface area contributed by atoms with Crippen LogP contribution in [0.1, 0.15) is 0 Å². The lowest BCUT2D eigenvalue weighted by Crippen LogP contribution is -2.12. The number of benzene rings is 3. The van der Waals surface area contributed by atoms with Crippen LogP contribution in [0.2, 0.25) is 0 Å². The van der Waals surface area contributed by atoms with E-state index in [9.17, 15) is 18.3 Å². The summed E-state index contributed by atoms with van der Waals surface area (Å²) in [5.74, 6) is 0.380. The number of methoxy groups -OCH3 is 1. The lowest BCUT2D eigenvalue weighted by Gasteiger charge is -2.12. The largest absolute Gasteiger partial charge is 0.504 e. The Hall–Kier alpha value is -3.62. The highest BCUT2D eigenvalue weighted by Gasteiger charge is 2.19. The minimum Gasteiger partial charge on any atom is -0.504 e. The third-order valence-corrected chi connectivity index (χ3v) is 5.64. The van der Waals surface area contributed by atoms with E-state index < -0.39 is 10.0 Å². The monoisotopic (exact) mass is 423 g/mol. The van der Waals surface area contributed by atoms with Crippen molar-refractivity contribution in [1.29, 1.82) is 0 Å². The number of aromatic hydroxyl groups is 1. The van der Waals surface area contributed by atoms with Gasteiger partial charge in [-0.1, -0.05) is 18.2 Å². The molecule has 3 aromatic carbocycles. The molecule has 0 amide bonds. The Bertz CT molecular complexity index is 1420. The lowest BCUT2D eigenvalue weighted by molar-refractivity contribution is 0.373. The number of phenols is 1. The number of fused-ring (bicyclic) bond motifs is 1. The molecule has 4 aromatic rings. The van der Waals surface area contributed by atoms with E-state index in [0.717, 1.165) is 0 Å². The molecule has 1 heterocycles. The van der Waals surface area contributed by atoms with E-state index in [1.54, 1.807) is 36.4 Å². The van der Waals surface area contributed by atoms with Gasteiger partial charge in [0.2, 0.25) is 15.5 Å². The van der Waals surface area contributed by atoms with Crippen LogP contribution < -0.4 is 15.3 Å². The second-order valence-corrected chi connectivity index (χ2v) is 8.15. The molecule has 0 unspecified atom stereocenters. The van der Waals surface area contributed by atoms with Gasteiger partial charge in [-0.2, -0.15) is 0 Å². The van der Waals surface area contributed by atoms with Gasteiger partial charge in [-0.3, -0.25) is 4.79 Å². The van der Waals surface area contributed by atoms with Crippen LogP contribution in [0, 0.1) is 0 Å². The van der Waals surface area contributed by atoms with E-state index in [-0.39, 0.29) is 33.1 Å². The fraction of sp³-hybridized carbons (Fsp3) is 0.0455. The summed E-state index contributed by atoms with van der Waals surface area (Å²) in [6, 6.07) is 17.1. The smallest absolute Gasteiger partial charge is 0.238 e. The van der Waals surface area contributed by atoms with Gasteiger partial charge in [0.25, 0.3) is 0 Å². The zero-order chi connectivity index (χ0) is 21.5. The third-order valence-electron chi connectivity index (χ3n) is 4.71. The van der Waals surface area contributed by atoms with Crippen molar-refractivity contribution in [2.45, 2.75) is 4.90 Å². The summed E-state index contributed by atoms with van der Waals surface area (Å²) < 4.78 is 34.2. The first kappa shape index (κ1) is 19.7. The van der Waals surface area contributed by atoms with Gasteiger partial charge in [-0.05, 0) is 54.1 Å². The Kier molecular flexibility index (Phi) is 4.81. The molecule has 0 fully saturated rings. The zero-order valence-electron chi connectivity index (χ0n) is 15.8. The summed E-state index contributed by atoms with van der Waals surface area (Å²) in [6.45, 7) is 0. The van der Waals surface area contributed by atoms with Crippen LogP contribution in [-0.2, 0) is 10.0 Å². The van der Waals surface area contributed by atoms with Gasteiger partial charge in [0.15, 0.2) is 11.5 Å². The molecule has 0 atom stereocenters. The minimum absolute atomic E-state index is 0.0574. The van der Waals surface area contributed by atoms with Crippen LogP contribution in [-0.4, -0.2) is 20.6 Å². The highest BCUT2D eigenvalue weighted by molar-refractivity contribution is 7.89. The molecule has 3 N–H and O–H groups in total. The summed E-state index contributed by atoms with van der Waals surface area (Å²) in [4.78, 5) is 13.3. The first-order chi connectivity index (χ1) is 14.3. The zero-order valence-corrected chi connectivity index (χ0v) is 16.6. The predicted octanol–water partition coefficient (Wildman–Crippen LogP) is 3.49. The summed E-state index contributed by atoms with van der Waals surface area (Å²) in [5.41, 5.74) is 1.24. The number of ether oxygens (including phenoxy) is 1. The summed E-state index contributed by atoms with van der Waals surface area (Å²) in [6.07, 6.45) is 0. The molecule has 152 valence electrons. The van der Waals surface area contributed by atoms with Gasteiger partial charge >= 0.3 is 0 Å². The Balaban J connectivity index is 2.02. The number of para-hydroxylation sites is 1. The topological polar surface area (TPSA) is 120 Å². The molecule has 1 aromatic heterocycles. The van der Waals surface area contributed by atoms with Gasteiger partial charge in [0.1, 0.15) is 11.3 Å². The van der Waals surface area contributed by atoms with Gasteiger partial charge in [0, 0.05) is 5.56 Å². The molecular weight excluding hydrogens is 406 g/mol. The van der Waals surface area contributed by atoms with Crippen molar-refractivity contribution in [2.24, 2.45) is 5.14 Å². The quantitative estimate of drug-likeness (QED) is 0.518. The molecule has 0 saturated heterocycles. The molecule has 7 nitrogen and oxygen atoms in total. The van der Waals surface area contributed by atoms with Crippen molar-refractivity contribution < 1.29 is 22.7 Å². The molecule has 0 aliphatic rings. The number of rotatable bonds is 4. The van der Waals surface area contributed by atoms with Crippen LogP contribution in [0.15, 0.2) is 80.8 Å². The van der Waals surface area contributed by atoms with Crippen LogP contribution in [0.25, 0.3) is 33.4 Å². The van der Waals surface area contributed by atoms with Gasteiger partial charge in [0.05, 0.1) is 23.0 Å². The number of primary sulfonamides is 1. The molecule has 0 saturated carbocycles. The SMILES string of the molecule is COc1ccc(-c2c(-c3ccc(S(N)(=O)=O)cc3)oc3ccccc3c2=O)cc1O. The van der Waals surface area contributed by atoms with Gasteiger partial charge < -0.3 is 14.3 Å². The van der Waals surface area contributed by atoms with Crippen LogP contribution in [0.3, 0.4) is 0 Å². The van der Waals surface area contributed by atoms with E-state index in [1.807, 2.05) is 0 Å². The first-order valence-corrected chi connectivity index (χ1v) is 10.4. The normalized spacial score (nSPS) is 11.5. The fourth-order valence-corrected chi connectivity index (χ4v) is 3.76. The average molecular weight is 423 g/mol. The first-order valence-electron chi connectivity index (χ1n) is 8.86. The molecule has 0 spiro atoms. The number of hydrogen-bond donors (Lipinski definition) is 2. The van der Waals surface area contributed by atoms with E-state index in [0.29, 0.717) is 22.1 Å². The molecule has 0 bridgehead atoms. The highest BCUT2D eigenvalue weighted by Crippen LogP contribution is 2.36. The Morgan fingerprint density at radius 1 is 0.967 bits per heavy atom. The second kappa shape index (κ2) is 7.33. The Morgan fingerprint density at radius 2 is 1.63 bits per heavy atom. The van der Waals surface area contributed by atoms with E-state index >= 15 is 0 Å². The van der Waals surface area contributed by atoms with Crippen molar-refractivity contribution in [2.75, 3.05) is 7.11 Å². The number of phenolic OH excluding ortho intramolecular Hbond substituents is 1. The van der Waals surface area contributed by atoms with E-state index in [4.69, 9.17) is 14.3 Å². The average Bonchev–Trinajstić information content (AvgIpc) is 2.73. The van der Waals surface area contributed by atoms with Crippen molar-refractivity contribution in [3.8, 4) is 33.9 Å². The summed E-state index contributed by atoms with van der Waals surface area (Å²) in [7, 11) is -2.43. The van der Waals surface area contributed by atoms with Crippen LogP contribution >= 0.6 is 0 Å². The van der Waals surface area contributed by atoms with Crippen LogP contribution in [0.4, 0.5) is 0 Å². The molecule has 0 aliphatic carbocycles. The Morgan fingerprint density at radius 3 is 2.27 bits per heavy atom. The van der Waals surface area contributed by atoms with Crippen LogP contribution in [0.5, 0.6) is 11.5 Å². The van der Waals surface area contributed by atoms with Crippen molar-refractivity contribution in [3.63, 3.8) is 0 Å². The maximum absolute atomic E-state index is 13.3. The van der Waals surface area contributed by atoms with Crippen molar-refractivity contribution in [1.82, 2.24) is 0 Å². The van der Waals surface area contributed by atoms with Gasteiger partial charge in [-0.25, -0.2) is 13.6 Å². The summed E-state index contributed by atoms with van der Waals surface area (Å²) >= 11 is 0. The molecular formula is C22H17NO6S. The van der Waals surface area contributed by atoms with E-state index in [2.05, 4.69) is 0 Å². The minimum atomic E-state index is -3.86. The Labute approximate surface area is 172 Å². The predicted molar refractivity (Wildman–Crippen MR) is 113 cm³/mol. The van der Waals surface area contributed by atoms with Gasteiger partial charge in [-0.15, -0.1) is 0 Å².